The van der Waals surface area contributed by atoms with E-state index >= 15 is 0 Å². The first-order valence-electron chi connectivity index (χ1n) is 5.27. The summed E-state index contributed by atoms with van der Waals surface area (Å²) in [6.07, 6.45) is 5.28. The van der Waals surface area contributed by atoms with Gasteiger partial charge in [0.15, 0.2) is 0 Å². The largest absolute Gasteiger partial charge is 0.314 e. The summed E-state index contributed by atoms with van der Waals surface area (Å²) < 4.78 is 0. The molecule has 0 saturated heterocycles. The second-order valence-corrected chi connectivity index (χ2v) is 3.58. The average Bonchev–Trinajstić information content (AvgIpc) is 2.16. The molecule has 0 aliphatic heterocycles. The predicted octanol–water partition coefficient (Wildman–Crippen LogP) is 3.45. The molecule has 0 radical (unpaired) electrons. The second-order valence-electron chi connectivity index (χ2n) is 3.58. The molecule has 0 saturated carbocycles. The first-order valence-corrected chi connectivity index (χ1v) is 5.27. The minimum absolute atomic E-state index is 0.419. The van der Waals surface area contributed by atoms with Gasteiger partial charge in [-0.25, -0.2) is 0 Å². The van der Waals surface area contributed by atoms with Crippen LogP contribution in [0.5, 0.6) is 0 Å². The van der Waals surface area contributed by atoms with Crippen molar-refractivity contribution in [2.75, 3.05) is 7.05 Å². The van der Waals surface area contributed by atoms with Gasteiger partial charge in [0, 0.05) is 6.04 Å². The van der Waals surface area contributed by atoms with Gasteiger partial charge in [0.2, 0.25) is 0 Å². The quantitative estimate of drug-likeness (QED) is 0.659. The second kappa shape index (κ2) is 6.61. The van der Waals surface area contributed by atoms with Crippen LogP contribution < -0.4 is 5.32 Å². The lowest BCUT2D eigenvalue weighted by Crippen LogP contribution is -2.24. The summed E-state index contributed by atoms with van der Waals surface area (Å²) in [4.78, 5) is 0. The fraction of sp³-hybridized carbons (Fsp3) is 0.538. The lowest BCUT2D eigenvalue weighted by molar-refractivity contribution is 0.667. The van der Waals surface area contributed by atoms with Gasteiger partial charge in [-0.05, 0) is 45.4 Å². The zero-order valence-corrected chi connectivity index (χ0v) is 10.1. The third-order valence-corrected chi connectivity index (χ3v) is 2.48. The highest BCUT2D eigenvalue weighted by atomic mass is 14.9. The topological polar surface area (TPSA) is 12.0 Å². The maximum absolute atomic E-state index is 4.02. The van der Waals surface area contributed by atoms with Gasteiger partial charge in [-0.2, -0.15) is 0 Å². The Balaban J connectivity index is 5.18. The van der Waals surface area contributed by atoms with Gasteiger partial charge in [-0.1, -0.05) is 31.2 Å². The molecule has 80 valence electrons. The molecule has 1 nitrogen and oxygen atoms in total. The van der Waals surface area contributed by atoms with E-state index in [1.165, 1.54) is 11.1 Å². The van der Waals surface area contributed by atoms with Crippen LogP contribution in [0.25, 0.3) is 0 Å². The van der Waals surface area contributed by atoms with Gasteiger partial charge in [0.1, 0.15) is 0 Å². The summed E-state index contributed by atoms with van der Waals surface area (Å²) in [6.45, 7) is 12.5. The molecular weight excluding hydrogens is 170 g/mol. The standard InChI is InChI=1S/C13H23N/c1-7-9-13(10(3)4)12(8-2)11(5)14-6/h7,9,11,14H,3,8H2,1-2,4-6H3/b9-7-,13-12+. The summed E-state index contributed by atoms with van der Waals surface area (Å²) in [6, 6.07) is 0.419. The normalized spacial score (nSPS) is 15.5. The monoisotopic (exact) mass is 193 g/mol. The molecule has 0 aromatic carbocycles. The van der Waals surface area contributed by atoms with Gasteiger partial charge in [0.05, 0.1) is 0 Å². The Morgan fingerprint density at radius 1 is 1.50 bits per heavy atom. The molecule has 1 unspecified atom stereocenters. The Hall–Kier alpha value is -0.820. The molecule has 0 aromatic rings. The fourth-order valence-corrected chi connectivity index (χ4v) is 1.59. The van der Waals surface area contributed by atoms with Crippen molar-refractivity contribution in [3.8, 4) is 0 Å². The van der Waals surface area contributed by atoms with Crippen molar-refractivity contribution in [2.45, 2.75) is 40.2 Å². The number of allylic oxidation sites excluding steroid dienone is 4. The molecule has 0 aliphatic rings. The van der Waals surface area contributed by atoms with Gasteiger partial charge in [0.25, 0.3) is 0 Å². The maximum atomic E-state index is 4.02. The molecule has 1 heteroatoms. The molecule has 0 bridgehead atoms. The summed E-state index contributed by atoms with van der Waals surface area (Å²) in [5, 5.41) is 3.28. The maximum Gasteiger partial charge on any atom is 0.0257 e. The molecule has 1 N–H and O–H groups in total. The van der Waals surface area contributed by atoms with E-state index in [2.05, 4.69) is 44.8 Å². The third-order valence-electron chi connectivity index (χ3n) is 2.48. The Morgan fingerprint density at radius 2 is 2.07 bits per heavy atom. The van der Waals surface area contributed by atoms with Gasteiger partial charge in [-0.3, -0.25) is 0 Å². The van der Waals surface area contributed by atoms with E-state index < -0.39 is 0 Å². The van der Waals surface area contributed by atoms with E-state index in [0.717, 1.165) is 12.0 Å². The predicted molar refractivity (Wildman–Crippen MR) is 65.5 cm³/mol. The van der Waals surface area contributed by atoms with Crippen LogP contribution in [0.1, 0.15) is 34.1 Å². The summed E-state index contributed by atoms with van der Waals surface area (Å²) in [5.74, 6) is 0. The number of nitrogens with one attached hydrogen (secondary N) is 1. The molecule has 0 aliphatic carbocycles. The average molecular weight is 193 g/mol. The van der Waals surface area contributed by atoms with Crippen molar-refractivity contribution in [3.63, 3.8) is 0 Å². The SMILES string of the molecule is C=C(C)C(/C=C\C)=C(\CC)C(C)NC. The fourth-order valence-electron chi connectivity index (χ4n) is 1.59. The number of hydrogen-bond acceptors (Lipinski definition) is 1. The van der Waals surface area contributed by atoms with Crippen LogP contribution in [0.4, 0.5) is 0 Å². The van der Waals surface area contributed by atoms with E-state index in [0.29, 0.717) is 6.04 Å². The zero-order chi connectivity index (χ0) is 11.1. The first kappa shape index (κ1) is 13.2. The first-order chi connectivity index (χ1) is 6.58. The highest BCUT2D eigenvalue weighted by Crippen LogP contribution is 2.20. The molecule has 0 rings (SSSR count). The van der Waals surface area contributed by atoms with Crippen LogP contribution in [-0.4, -0.2) is 13.1 Å². The molecule has 0 spiro atoms. The smallest absolute Gasteiger partial charge is 0.0257 e. The number of likely N-dealkylation sites (N-methyl/N-ethyl adjacent to an activating group) is 1. The minimum Gasteiger partial charge on any atom is -0.314 e. The summed E-state index contributed by atoms with van der Waals surface area (Å²) in [7, 11) is 1.99. The Labute approximate surface area is 88.6 Å². The van der Waals surface area contributed by atoms with E-state index in [-0.39, 0.29) is 0 Å². The van der Waals surface area contributed by atoms with Gasteiger partial charge in [-0.15, -0.1) is 0 Å². The molecule has 0 fully saturated rings. The van der Waals surface area contributed by atoms with E-state index in [9.17, 15) is 0 Å². The lowest BCUT2D eigenvalue weighted by Gasteiger charge is -2.18. The molecule has 0 heterocycles. The Bertz CT molecular complexity index is 246. The van der Waals surface area contributed by atoms with Crippen molar-refractivity contribution in [1.82, 2.24) is 5.32 Å². The summed E-state index contributed by atoms with van der Waals surface area (Å²) >= 11 is 0. The van der Waals surface area contributed by atoms with Crippen LogP contribution in [0.2, 0.25) is 0 Å². The van der Waals surface area contributed by atoms with Gasteiger partial charge < -0.3 is 5.32 Å². The zero-order valence-electron chi connectivity index (χ0n) is 10.1. The highest BCUT2D eigenvalue weighted by molar-refractivity contribution is 5.42. The molecule has 14 heavy (non-hydrogen) atoms. The van der Waals surface area contributed by atoms with Crippen molar-refractivity contribution >= 4 is 0 Å². The van der Waals surface area contributed by atoms with Crippen molar-refractivity contribution in [1.29, 1.82) is 0 Å². The number of rotatable bonds is 5. The van der Waals surface area contributed by atoms with Gasteiger partial charge >= 0.3 is 0 Å². The van der Waals surface area contributed by atoms with Crippen molar-refractivity contribution in [3.05, 3.63) is 35.5 Å². The van der Waals surface area contributed by atoms with E-state index in [1.54, 1.807) is 0 Å². The van der Waals surface area contributed by atoms with Crippen LogP contribution in [0, 0.1) is 0 Å². The lowest BCUT2D eigenvalue weighted by atomic mass is 9.95. The highest BCUT2D eigenvalue weighted by Gasteiger charge is 2.09. The Morgan fingerprint density at radius 3 is 2.36 bits per heavy atom. The van der Waals surface area contributed by atoms with Crippen LogP contribution in [0.15, 0.2) is 35.5 Å². The van der Waals surface area contributed by atoms with Crippen LogP contribution >= 0.6 is 0 Å². The summed E-state index contributed by atoms with van der Waals surface area (Å²) in [5.41, 5.74) is 3.86. The third kappa shape index (κ3) is 3.51. The van der Waals surface area contributed by atoms with Crippen LogP contribution in [0.3, 0.4) is 0 Å². The van der Waals surface area contributed by atoms with Crippen molar-refractivity contribution < 1.29 is 0 Å². The van der Waals surface area contributed by atoms with E-state index in [1.807, 2.05) is 14.0 Å². The molecular formula is C13H23N. The van der Waals surface area contributed by atoms with Crippen molar-refractivity contribution in [2.24, 2.45) is 0 Å². The molecule has 0 aromatic heterocycles. The Kier molecular flexibility index (Phi) is 6.22. The van der Waals surface area contributed by atoms with E-state index in [4.69, 9.17) is 0 Å². The number of hydrogen-bond donors (Lipinski definition) is 1. The minimum atomic E-state index is 0.419. The van der Waals surface area contributed by atoms with Crippen LogP contribution in [-0.2, 0) is 0 Å². The molecule has 1 atom stereocenters. The molecule has 0 amide bonds.